The molecule has 2 rings (SSSR count). The normalized spacial score (nSPS) is 11.6. The molecule has 132 valence electrons. The molecule has 25 heavy (non-hydrogen) atoms. The first-order valence-electron chi connectivity index (χ1n) is 7.43. The first-order chi connectivity index (χ1) is 11.8. The molecule has 0 heterocycles. The summed E-state index contributed by atoms with van der Waals surface area (Å²) in [5, 5.41) is 2.51. The minimum absolute atomic E-state index is 0.272. The number of aryl methyl sites for hydroxylation is 1. The Morgan fingerprint density at radius 1 is 1.20 bits per heavy atom. The van der Waals surface area contributed by atoms with E-state index in [4.69, 9.17) is 9.47 Å². The van der Waals surface area contributed by atoms with Crippen LogP contribution in [0.25, 0.3) is 0 Å². The topological polar surface area (TPSA) is 64.6 Å². The quantitative estimate of drug-likeness (QED) is 0.755. The molecule has 0 saturated heterocycles. The lowest BCUT2D eigenvalue weighted by Crippen LogP contribution is -2.30. The average Bonchev–Trinajstić information content (AvgIpc) is 2.57. The molecule has 1 amide bonds. The lowest BCUT2D eigenvalue weighted by atomic mass is 10.2. The zero-order valence-electron chi connectivity index (χ0n) is 13.9. The number of carbonyl (C=O) groups is 2. The van der Waals surface area contributed by atoms with Gasteiger partial charge in [0.15, 0.2) is 6.10 Å². The van der Waals surface area contributed by atoms with Gasteiger partial charge in [-0.25, -0.2) is 9.18 Å². The van der Waals surface area contributed by atoms with Gasteiger partial charge >= 0.3 is 5.97 Å². The maximum Gasteiger partial charge on any atom is 0.338 e. The molecule has 0 aromatic heterocycles. The number of halogens is 2. The molecule has 0 aliphatic heterocycles. The molecular weight excluding hydrogens is 393 g/mol. The zero-order valence-corrected chi connectivity index (χ0v) is 15.5. The van der Waals surface area contributed by atoms with E-state index in [2.05, 4.69) is 21.2 Å². The number of rotatable bonds is 5. The van der Waals surface area contributed by atoms with Crippen molar-refractivity contribution in [3.63, 3.8) is 0 Å². The van der Waals surface area contributed by atoms with Gasteiger partial charge in [-0.05, 0) is 65.7 Å². The van der Waals surface area contributed by atoms with E-state index in [0.29, 0.717) is 21.5 Å². The highest BCUT2D eigenvalue weighted by Gasteiger charge is 2.20. The Bertz CT molecular complexity index is 810. The SMILES string of the molecule is COc1ccc(C(=O)O[C@@H](C)C(=O)Nc2ccc(C)c(F)c2)cc1Br. The predicted octanol–water partition coefficient (Wildman–Crippen LogP) is 4.09. The van der Waals surface area contributed by atoms with E-state index in [-0.39, 0.29) is 5.56 Å². The first-order valence-corrected chi connectivity index (χ1v) is 8.22. The maximum absolute atomic E-state index is 13.5. The summed E-state index contributed by atoms with van der Waals surface area (Å²) >= 11 is 3.28. The fourth-order valence-electron chi connectivity index (χ4n) is 1.99. The van der Waals surface area contributed by atoms with Gasteiger partial charge in [-0.15, -0.1) is 0 Å². The molecule has 1 atom stereocenters. The van der Waals surface area contributed by atoms with Crippen LogP contribution in [0, 0.1) is 12.7 Å². The molecule has 5 nitrogen and oxygen atoms in total. The Balaban J connectivity index is 2.01. The summed E-state index contributed by atoms with van der Waals surface area (Å²) in [6.45, 7) is 3.06. The number of hydrogen-bond donors (Lipinski definition) is 1. The summed E-state index contributed by atoms with van der Waals surface area (Å²) < 4.78 is 24.3. The second kappa shape index (κ2) is 8.11. The fourth-order valence-corrected chi connectivity index (χ4v) is 2.53. The number of hydrogen-bond acceptors (Lipinski definition) is 4. The molecule has 0 aliphatic carbocycles. The van der Waals surface area contributed by atoms with Gasteiger partial charge in [-0.2, -0.15) is 0 Å². The van der Waals surface area contributed by atoms with Crippen molar-refractivity contribution in [1.82, 2.24) is 0 Å². The molecule has 0 saturated carbocycles. The van der Waals surface area contributed by atoms with E-state index in [1.165, 1.54) is 26.2 Å². The number of esters is 1. The van der Waals surface area contributed by atoms with Crippen LogP contribution >= 0.6 is 15.9 Å². The fraction of sp³-hybridized carbons (Fsp3) is 0.222. The summed E-state index contributed by atoms with van der Waals surface area (Å²) in [7, 11) is 1.51. The van der Waals surface area contributed by atoms with Gasteiger partial charge in [0.2, 0.25) is 0 Å². The third-order valence-electron chi connectivity index (χ3n) is 3.48. The van der Waals surface area contributed by atoms with Crippen molar-refractivity contribution in [2.45, 2.75) is 20.0 Å². The summed E-state index contributed by atoms with van der Waals surface area (Å²) in [4.78, 5) is 24.2. The van der Waals surface area contributed by atoms with Gasteiger partial charge in [0.1, 0.15) is 11.6 Å². The summed E-state index contributed by atoms with van der Waals surface area (Å²) in [6.07, 6.45) is -1.04. The second-order valence-electron chi connectivity index (χ2n) is 5.35. The Morgan fingerprint density at radius 2 is 1.92 bits per heavy atom. The van der Waals surface area contributed by atoms with Crippen LogP contribution in [-0.4, -0.2) is 25.1 Å². The molecule has 2 aromatic rings. The molecule has 0 fully saturated rings. The monoisotopic (exact) mass is 409 g/mol. The van der Waals surface area contributed by atoms with Crippen LogP contribution in [0.4, 0.5) is 10.1 Å². The van der Waals surface area contributed by atoms with Crippen LogP contribution in [0.2, 0.25) is 0 Å². The summed E-state index contributed by atoms with van der Waals surface area (Å²) in [6, 6.07) is 9.03. The van der Waals surface area contributed by atoms with Gasteiger partial charge in [0.25, 0.3) is 5.91 Å². The largest absolute Gasteiger partial charge is 0.496 e. The van der Waals surface area contributed by atoms with Crippen molar-refractivity contribution in [2.24, 2.45) is 0 Å². The minimum Gasteiger partial charge on any atom is -0.496 e. The van der Waals surface area contributed by atoms with E-state index < -0.39 is 23.8 Å². The van der Waals surface area contributed by atoms with Crippen LogP contribution in [0.1, 0.15) is 22.8 Å². The predicted molar refractivity (Wildman–Crippen MR) is 95.3 cm³/mol. The number of ether oxygens (including phenoxy) is 2. The van der Waals surface area contributed by atoms with Crippen molar-refractivity contribution in [3.8, 4) is 5.75 Å². The number of amides is 1. The van der Waals surface area contributed by atoms with Gasteiger partial charge in [0, 0.05) is 5.69 Å². The third kappa shape index (κ3) is 4.79. The first kappa shape index (κ1) is 18.9. The summed E-state index contributed by atoms with van der Waals surface area (Å²) in [5.41, 5.74) is 1.04. The van der Waals surface area contributed by atoms with Crippen molar-refractivity contribution in [3.05, 3.63) is 57.8 Å². The number of benzene rings is 2. The van der Waals surface area contributed by atoms with E-state index >= 15 is 0 Å². The minimum atomic E-state index is -1.04. The van der Waals surface area contributed by atoms with Crippen LogP contribution in [0.15, 0.2) is 40.9 Å². The molecule has 0 radical (unpaired) electrons. The number of carbonyl (C=O) groups excluding carboxylic acids is 2. The van der Waals surface area contributed by atoms with E-state index in [0.717, 1.165) is 0 Å². The molecule has 0 spiro atoms. The van der Waals surface area contributed by atoms with Gasteiger partial charge in [-0.3, -0.25) is 4.79 Å². The van der Waals surface area contributed by atoms with Gasteiger partial charge in [0.05, 0.1) is 17.1 Å². The van der Waals surface area contributed by atoms with Crippen molar-refractivity contribution in [2.75, 3.05) is 12.4 Å². The number of anilines is 1. The van der Waals surface area contributed by atoms with Crippen LogP contribution in [-0.2, 0) is 9.53 Å². The average molecular weight is 410 g/mol. The lowest BCUT2D eigenvalue weighted by molar-refractivity contribution is -0.123. The molecule has 2 aromatic carbocycles. The molecule has 7 heteroatoms. The van der Waals surface area contributed by atoms with Crippen LogP contribution in [0.3, 0.4) is 0 Å². The zero-order chi connectivity index (χ0) is 18.6. The highest BCUT2D eigenvalue weighted by molar-refractivity contribution is 9.10. The van der Waals surface area contributed by atoms with E-state index in [1.807, 2.05) is 0 Å². The van der Waals surface area contributed by atoms with Crippen molar-refractivity contribution < 1.29 is 23.5 Å². The van der Waals surface area contributed by atoms with Crippen LogP contribution in [0.5, 0.6) is 5.75 Å². The van der Waals surface area contributed by atoms with Crippen molar-refractivity contribution in [1.29, 1.82) is 0 Å². The molecule has 0 aliphatic rings. The van der Waals surface area contributed by atoms with Crippen molar-refractivity contribution >= 4 is 33.5 Å². The van der Waals surface area contributed by atoms with E-state index in [9.17, 15) is 14.0 Å². The summed E-state index contributed by atoms with van der Waals surface area (Å²) in [5.74, 6) is -1.06. The Hall–Kier alpha value is -2.41. The highest BCUT2D eigenvalue weighted by atomic mass is 79.9. The number of nitrogens with one attached hydrogen (secondary N) is 1. The maximum atomic E-state index is 13.5. The Labute approximate surface area is 153 Å². The lowest BCUT2D eigenvalue weighted by Gasteiger charge is -2.14. The van der Waals surface area contributed by atoms with Crippen LogP contribution < -0.4 is 10.1 Å². The molecule has 0 bridgehead atoms. The smallest absolute Gasteiger partial charge is 0.338 e. The number of methoxy groups -OCH3 is 1. The molecule has 1 N–H and O–H groups in total. The highest BCUT2D eigenvalue weighted by Crippen LogP contribution is 2.26. The Kier molecular flexibility index (Phi) is 6.14. The Morgan fingerprint density at radius 3 is 2.52 bits per heavy atom. The van der Waals surface area contributed by atoms with Gasteiger partial charge < -0.3 is 14.8 Å². The standard InChI is InChI=1S/C18H17BrFNO4/c1-10-4-6-13(9-15(10)20)21-17(22)11(2)25-18(23)12-5-7-16(24-3)14(19)8-12/h4-9,11H,1-3H3,(H,21,22)/t11-/m0/s1. The molecular formula is C18H17BrFNO4. The van der Waals surface area contributed by atoms with Gasteiger partial charge in [-0.1, -0.05) is 6.07 Å². The second-order valence-corrected chi connectivity index (χ2v) is 6.20. The third-order valence-corrected chi connectivity index (χ3v) is 4.10. The molecule has 0 unspecified atom stereocenters. The van der Waals surface area contributed by atoms with E-state index in [1.54, 1.807) is 31.2 Å².